The van der Waals surface area contributed by atoms with Crippen molar-refractivity contribution in [3.63, 3.8) is 0 Å². The Bertz CT molecular complexity index is 2940. The highest BCUT2D eigenvalue weighted by molar-refractivity contribution is 7.27. The van der Waals surface area contributed by atoms with Gasteiger partial charge in [0.2, 0.25) is 0 Å². The Morgan fingerprint density at radius 3 is 1.82 bits per heavy atom. The van der Waals surface area contributed by atoms with Gasteiger partial charge in [0.15, 0.2) is 0 Å². The minimum Gasteiger partial charge on any atom is -0.279 e. The summed E-state index contributed by atoms with van der Waals surface area (Å²) in [6.07, 6.45) is -0.188. The second-order valence-corrected chi connectivity index (χ2v) is 16.5. The topological polar surface area (TPSA) is 36.1 Å². The lowest BCUT2D eigenvalue weighted by Crippen LogP contribution is -2.54. The van der Waals surface area contributed by atoms with Crippen LogP contribution in [0.4, 0.5) is 0 Å². The van der Waals surface area contributed by atoms with Crippen LogP contribution in [0.3, 0.4) is 0 Å². The normalized spacial score (nSPS) is 18.2. The molecule has 6 heteroatoms. The van der Waals surface area contributed by atoms with Gasteiger partial charge in [0.25, 0.3) is 0 Å². The van der Waals surface area contributed by atoms with Crippen molar-refractivity contribution in [2.75, 3.05) is 0 Å². The molecule has 3 nitrogen and oxygen atoms in total. The molecule has 1 aliphatic heterocycles. The van der Waals surface area contributed by atoms with Gasteiger partial charge in [-0.2, -0.15) is 0 Å². The first-order valence-corrected chi connectivity index (χ1v) is 19.8. The Balaban J connectivity index is 1.04. The van der Waals surface area contributed by atoms with Crippen molar-refractivity contribution in [3.05, 3.63) is 168 Å². The highest BCUT2D eigenvalue weighted by Crippen LogP contribution is 2.45. The number of rotatable bonds is 4. The van der Waals surface area contributed by atoms with Gasteiger partial charge in [-0.05, 0) is 52.6 Å². The number of nitrogens with one attached hydrogen (secondary N) is 3. The van der Waals surface area contributed by atoms with Gasteiger partial charge < -0.3 is 0 Å². The van der Waals surface area contributed by atoms with Gasteiger partial charge in [0, 0.05) is 66.1 Å². The summed E-state index contributed by atoms with van der Waals surface area (Å²) in [5, 5.41) is 19.9. The fourth-order valence-corrected chi connectivity index (χ4v) is 11.7. The van der Waals surface area contributed by atoms with Gasteiger partial charge in [-0.1, -0.05) is 121 Å². The fraction of sp³-hybridized carbons (Fsp3) is 0.0667. The number of hydrogen-bond donors (Lipinski definition) is 3. The zero-order chi connectivity index (χ0) is 33.5. The first-order chi connectivity index (χ1) is 25.3. The van der Waals surface area contributed by atoms with Crippen LogP contribution in [-0.4, -0.2) is 0 Å². The molecule has 3 aromatic heterocycles. The number of hydrogen-bond acceptors (Lipinski definition) is 6. The van der Waals surface area contributed by atoms with E-state index in [0.29, 0.717) is 0 Å². The monoisotopic (exact) mass is 709 g/mol. The van der Waals surface area contributed by atoms with E-state index in [2.05, 4.69) is 168 Å². The number of thiophene rings is 3. The molecule has 7 aromatic carbocycles. The Morgan fingerprint density at radius 2 is 0.961 bits per heavy atom. The summed E-state index contributed by atoms with van der Waals surface area (Å²) in [5.41, 5.74) is 6.34. The van der Waals surface area contributed by atoms with E-state index in [1.807, 2.05) is 34.0 Å². The summed E-state index contributed by atoms with van der Waals surface area (Å²) in [4.78, 5) is 0. The summed E-state index contributed by atoms with van der Waals surface area (Å²) < 4.78 is 7.96. The maximum Gasteiger partial charge on any atom is 0.0878 e. The van der Waals surface area contributed by atoms with E-state index in [-0.39, 0.29) is 18.5 Å². The van der Waals surface area contributed by atoms with E-state index in [1.54, 1.807) is 0 Å². The second kappa shape index (κ2) is 11.8. The Hall–Kier alpha value is -4.92. The Kier molecular flexibility index (Phi) is 6.90. The maximum absolute atomic E-state index is 4.03. The SMILES string of the molecule is c1ccc(C2NC(c3cccc4c3sc3ccc(-c5cccc6c5sc5ccccc56)cc34)NC(c3cccc4sc5ccccc5c34)N2)cc1. The minimum atomic E-state index is -0.0786. The summed E-state index contributed by atoms with van der Waals surface area (Å²) in [7, 11) is 0. The zero-order valence-corrected chi connectivity index (χ0v) is 29.8. The molecule has 0 bridgehead atoms. The predicted octanol–water partition coefficient (Wildman–Crippen LogP) is 12.6. The molecule has 0 aliphatic carbocycles. The summed E-state index contributed by atoms with van der Waals surface area (Å²) in [6, 6.07) is 55.7. The molecule has 0 spiro atoms. The van der Waals surface area contributed by atoms with Gasteiger partial charge in [-0.15, -0.1) is 34.0 Å². The molecule has 1 fully saturated rings. The Labute approximate surface area is 306 Å². The van der Waals surface area contributed by atoms with E-state index in [9.17, 15) is 0 Å². The molecule has 3 N–H and O–H groups in total. The quantitative estimate of drug-likeness (QED) is 0.170. The highest BCUT2D eigenvalue weighted by atomic mass is 32.1. The van der Waals surface area contributed by atoms with Gasteiger partial charge in [-0.25, -0.2) is 0 Å². The van der Waals surface area contributed by atoms with Gasteiger partial charge in [0.05, 0.1) is 18.5 Å². The predicted molar refractivity (Wildman–Crippen MR) is 221 cm³/mol. The molecule has 1 saturated heterocycles. The second-order valence-electron chi connectivity index (χ2n) is 13.3. The molecular weight excluding hydrogens is 679 g/mol. The zero-order valence-electron chi connectivity index (χ0n) is 27.4. The van der Waals surface area contributed by atoms with E-state index in [1.165, 1.54) is 88.3 Å². The lowest BCUT2D eigenvalue weighted by molar-refractivity contribution is 0.205. The average molecular weight is 710 g/mol. The van der Waals surface area contributed by atoms with Crippen molar-refractivity contribution in [3.8, 4) is 11.1 Å². The van der Waals surface area contributed by atoms with Crippen molar-refractivity contribution in [1.29, 1.82) is 0 Å². The van der Waals surface area contributed by atoms with Crippen LogP contribution < -0.4 is 16.0 Å². The molecule has 0 saturated carbocycles. The van der Waals surface area contributed by atoms with Crippen LogP contribution in [0.5, 0.6) is 0 Å². The average Bonchev–Trinajstić information content (AvgIpc) is 3.89. The molecular formula is C45H31N3S3. The van der Waals surface area contributed by atoms with Crippen LogP contribution in [0, 0.1) is 0 Å². The van der Waals surface area contributed by atoms with Gasteiger partial charge in [0.1, 0.15) is 0 Å². The summed E-state index contributed by atoms with van der Waals surface area (Å²) in [6.45, 7) is 0. The van der Waals surface area contributed by atoms with Crippen molar-refractivity contribution in [2.45, 2.75) is 18.5 Å². The molecule has 1 aliphatic rings. The highest BCUT2D eigenvalue weighted by Gasteiger charge is 2.32. The van der Waals surface area contributed by atoms with E-state index in [4.69, 9.17) is 0 Å². The van der Waals surface area contributed by atoms with Crippen LogP contribution in [0.15, 0.2) is 152 Å². The molecule has 0 amide bonds. The fourth-order valence-electron chi connectivity index (χ4n) is 8.07. The third-order valence-corrected chi connectivity index (χ3v) is 14.0. The van der Waals surface area contributed by atoms with E-state index < -0.39 is 0 Å². The van der Waals surface area contributed by atoms with Crippen LogP contribution in [0.25, 0.3) is 71.6 Å². The first kappa shape index (κ1) is 29.8. The van der Waals surface area contributed by atoms with Gasteiger partial charge >= 0.3 is 0 Å². The van der Waals surface area contributed by atoms with E-state index >= 15 is 0 Å². The van der Waals surface area contributed by atoms with Crippen molar-refractivity contribution in [1.82, 2.24) is 16.0 Å². The van der Waals surface area contributed by atoms with Crippen LogP contribution in [-0.2, 0) is 0 Å². The molecule has 51 heavy (non-hydrogen) atoms. The van der Waals surface area contributed by atoms with Crippen molar-refractivity contribution < 1.29 is 0 Å². The van der Waals surface area contributed by atoms with Crippen LogP contribution >= 0.6 is 34.0 Å². The third-order valence-electron chi connectivity index (χ3n) is 10.4. The third kappa shape index (κ3) is 4.80. The summed E-state index contributed by atoms with van der Waals surface area (Å²) in [5.74, 6) is 0. The largest absolute Gasteiger partial charge is 0.279 e. The molecule has 10 aromatic rings. The smallest absolute Gasteiger partial charge is 0.0878 e. The van der Waals surface area contributed by atoms with Crippen LogP contribution in [0.1, 0.15) is 35.2 Å². The van der Waals surface area contributed by atoms with E-state index in [0.717, 1.165) is 0 Å². The molecule has 0 radical (unpaired) electrons. The van der Waals surface area contributed by atoms with Crippen molar-refractivity contribution in [2.24, 2.45) is 0 Å². The lowest BCUT2D eigenvalue weighted by atomic mass is 9.99. The molecule has 4 heterocycles. The maximum atomic E-state index is 4.03. The molecule has 3 unspecified atom stereocenters. The minimum absolute atomic E-state index is 0.0411. The first-order valence-electron chi connectivity index (χ1n) is 17.4. The Morgan fingerprint density at radius 1 is 0.373 bits per heavy atom. The van der Waals surface area contributed by atoms with Crippen molar-refractivity contribution >= 4 is 94.5 Å². The number of benzene rings is 7. The lowest BCUT2D eigenvalue weighted by Gasteiger charge is -2.40. The molecule has 11 rings (SSSR count). The number of fused-ring (bicyclic) bond motifs is 9. The van der Waals surface area contributed by atoms with Crippen LogP contribution in [0.2, 0.25) is 0 Å². The molecule has 3 atom stereocenters. The molecule has 244 valence electrons. The van der Waals surface area contributed by atoms with Gasteiger partial charge in [-0.3, -0.25) is 16.0 Å². The standard InChI is InChI=1S/C45H31N3S3/c1-2-11-26(12-3-1)43-46-44(33-18-10-22-39-40(33)32-14-5-7-21-37(32)49-39)48-45(47-43)34-19-9-17-31-35-25-27(23-24-38(35)51-42(31)34)28-15-8-16-30-29-13-4-6-20-36(29)50-41(28)30/h1-25,43-48H. The summed E-state index contributed by atoms with van der Waals surface area (Å²) >= 11 is 5.66.